The van der Waals surface area contributed by atoms with Gasteiger partial charge in [-0.05, 0) is 47.7 Å². The Labute approximate surface area is 195 Å². The zero-order chi connectivity index (χ0) is 24.7. The lowest BCUT2D eigenvalue weighted by Crippen LogP contribution is -2.28. The first-order valence-electron chi connectivity index (χ1n) is 10.6. The number of alkyl halides is 3. The van der Waals surface area contributed by atoms with E-state index in [-0.39, 0.29) is 18.0 Å². The first-order chi connectivity index (χ1) is 16.2. The summed E-state index contributed by atoms with van der Waals surface area (Å²) in [6, 6.07) is 19.6. The van der Waals surface area contributed by atoms with Crippen molar-refractivity contribution in [2.24, 2.45) is 0 Å². The monoisotopic (exact) mass is 471 g/mol. The molecular formula is C26H24F3NO4. The maximum Gasteiger partial charge on any atom is 0.573 e. The topological polar surface area (TPSA) is 64.6 Å². The number of Topliss-reactive ketones (excluding diaryl/α,β-unsaturated/α-hetero) is 1. The highest BCUT2D eigenvalue weighted by molar-refractivity contribution is 5.97. The van der Waals surface area contributed by atoms with Crippen molar-refractivity contribution in [1.82, 2.24) is 5.32 Å². The van der Waals surface area contributed by atoms with Crippen LogP contribution in [-0.4, -0.2) is 25.3 Å². The minimum absolute atomic E-state index is 0.0208. The number of hydrogen-bond donors (Lipinski definition) is 1. The van der Waals surface area contributed by atoms with Crippen LogP contribution < -0.4 is 10.1 Å². The van der Waals surface area contributed by atoms with Gasteiger partial charge in [0.15, 0.2) is 5.78 Å². The van der Waals surface area contributed by atoms with Crippen molar-refractivity contribution in [1.29, 1.82) is 0 Å². The Morgan fingerprint density at radius 1 is 0.912 bits per heavy atom. The molecule has 0 aliphatic heterocycles. The number of alkyl carbamates (subject to hydrolysis) is 1. The molecule has 1 unspecified atom stereocenters. The SMILES string of the molecule is COC(=O)NC(CCC(=O)c1ccccc1C)c1ccc(-c2ccc(OC(F)(F)F)cc2)cc1. The first kappa shape index (κ1) is 24.8. The summed E-state index contributed by atoms with van der Waals surface area (Å²) < 4.78 is 45.7. The van der Waals surface area contributed by atoms with Crippen LogP contribution in [0.5, 0.6) is 5.75 Å². The van der Waals surface area contributed by atoms with Gasteiger partial charge in [0.2, 0.25) is 0 Å². The van der Waals surface area contributed by atoms with E-state index in [1.165, 1.54) is 31.4 Å². The Morgan fingerprint density at radius 3 is 2.06 bits per heavy atom. The Morgan fingerprint density at radius 2 is 1.50 bits per heavy atom. The predicted octanol–water partition coefficient (Wildman–Crippen LogP) is 6.62. The molecule has 0 fully saturated rings. The molecule has 34 heavy (non-hydrogen) atoms. The number of rotatable bonds is 8. The van der Waals surface area contributed by atoms with E-state index in [0.29, 0.717) is 17.5 Å². The van der Waals surface area contributed by atoms with Crippen LogP contribution in [0.2, 0.25) is 0 Å². The van der Waals surface area contributed by atoms with E-state index in [0.717, 1.165) is 16.7 Å². The molecule has 1 N–H and O–H groups in total. The van der Waals surface area contributed by atoms with Crippen LogP contribution in [0.4, 0.5) is 18.0 Å². The van der Waals surface area contributed by atoms with Crippen molar-refractivity contribution in [2.45, 2.75) is 32.2 Å². The van der Waals surface area contributed by atoms with Gasteiger partial charge in [-0.3, -0.25) is 4.79 Å². The zero-order valence-corrected chi connectivity index (χ0v) is 18.7. The highest BCUT2D eigenvalue weighted by Gasteiger charge is 2.31. The Balaban J connectivity index is 1.73. The second-order valence-electron chi connectivity index (χ2n) is 7.66. The number of hydrogen-bond acceptors (Lipinski definition) is 4. The van der Waals surface area contributed by atoms with Gasteiger partial charge in [-0.2, -0.15) is 0 Å². The standard InChI is InChI=1S/C26H24F3NO4/c1-17-5-3-4-6-22(17)24(31)16-15-23(30-25(32)33-2)20-9-7-18(8-10-20)19-11-13-21(14-12-19)34-26(27,28)29/h3-14,23H,15-16H2,1-2H3,(H,30,32). The van der Waals surface area contributed by atoms with E-state index in [2.05, 4.69) is 10.1 Å². The van der Waals surface area contributed by atoms with Gasteiger partial charge in [-0.25, -0.2) is 4.79 Å². The van der Waals surface area contributed by atoms with E-state index < -0.39 is 18.5 Å². The molecule has 0 aromatic heterocycles. The lowest BCUT2D eigenvalue weighted by molar-refractivity contribution is -0.274. The van der Waals surface area contributed by atoms with Gasteiger partial charge >= 0.3 is 12.5 Å². The molecule has 3 aromatic rings. The molecule has 178 valence electrons. The number of methoxy groups -OCH3 is 1. The van der Waals surface area contributed by atoms with Gasteiger partial charge in [-0.15, -0.1) is 13.2 Å². The van der Waals surface area contributed by atoms with Gasteiger partial charge in [0.05, 0.1) is 13.2 Å². The van der Waals surface area contributed by atoms with Gasteiger partial charge < -0.3 is 14.8 Å². The van der Waals surface area contributed by atoms with Crippen molar-refractivity contribution in [3.8, 4) is 16.9 Å². The highest BCUT2D eigenvalue weighted by Crippen LogP contribution is 2.28. The molecule has 0 spiro atoms. The summed E-state index contributed by atoms with van der Waals surface area (Å²) in [5.41, 5.74) is 3.78. The molecule has 0 bridgehead atoms. The van der Waals surface area contributed by atoms with E-state index >= 15 is 0 Å². The van der Waals surface area contributed by atoms with Crippen LogP contribution in [0, 0.1) is 6.92 Å². The van der Waals surface area contributed by atoms with Crippen molar-refractivity contribution < 1.29 is 32.2 Å². The van der Waals surface area contributed by atoms with Crippen molar-refractivity contribution >= 4 is 11.9 Å². The average Bonchev–Trinajstić information content (AvgIpc) is 2.81. The molecule has 0 radical (unpaired) electrons. The number of benzene rings is 3. The Hall–Kier alpha value is -3.81. The van der Waals surface area contributed by atoms with Crippen LogP contribution in [0.25, 0.3) is 11.1 Å². The van der Waals surface area contributed by atoms with E-state index in [1.807, 2.05) is 25.1 Å². The molecule has 3 aromatic carbocycles. The van der Waals surface area contributed by atoms with Crippen LogP contribution in [-0.2, 0) is 4.74 Å². The minimum atomic E-state index is -4.74. The highest BCUT2D eigenvalue weighted by atomic mass is 19.4. The quantitative estimate of drug-likeness (QED) is 0.375. The number of carbonyl (C=O) groups is 2. The summed E-state index contributed by atoms with van der Waals surface area (Å²) in [4.78, 5) is 24.6. The molecule has 1 atom stereocenters. The largest absolute Gasteiger partial charge is 0.573 e. The zero-order valence-electron chi connectivity index (χ0n) is 18.7. The molecule has 0 heterocycles. The third-order valence-corrected chi connectivity index (χ3v) is 5.32. The molecule has 1 amide bonds. The fourth-order valence-corrected chi connectivity index (χ4v) is 3.58. The van der Waals surface area contributed by atoms with Crippen molar-refractivity contribution in [2.75, 3.05) is 7.11 Å². The number of halogens is 3. The summed E-state index contributed by atoms with van der Waals surface area (Å²) in [7, 11) is 1.26. The Kier molecular flexibility index (Phi) is 7.94. The number of ether oxygens (including phenoxy) is 2. The molecule has 3 rings (SSSR count). The number of aryl methyl sites for hydroxylation is 1. The molecule has 0 saturated heterocycles. The van der Waals surface area contributed by atoms with Crippen molar-refractivity contribution in [3.05, 3.63) is 89.5 Å². The molecule has 8 heteroatoms. The fraction of sp³-hybridized carbons (Fsp3) is 0.231. The molecular weight excluding hydrogens is 447 g/mol. The van der Waals surface area contributed by atoms with Gasteiger partial charge in [0, 0.05) is 12.0 Å². The summed E-state index contributed by atoms with van der Waals surface area (Å²) in [5, 5.41) is 2.76. The van der Waals surface area contributed by atoms with E-state index in [1.54, 1.807) is 30.3 Å². The van der Waals surface area contributed by atoms with E-state index in [9.17, 15) is 22.8 Å². The van der Waals surface area contributed by atoms with E-state index in [4.69, 9.17) is 4.74 Å². The van der Waals surface area contributed by atoms with Crippen molar-refractivity contribution in [3.63, 3.8) is 0 Å². The predicted molar refractivity (Wildman–Crippen MR) is 122 cm³/mol. The minimum Gasteiger partial charge on any atom is -0.453 e. The van der Waals surface area contributed by atoms with Crippen LogP contribution in [0.3, 0.4) is 0 Å². The molecule has 5 nitrogen and oxygen atoms in total. The number of carbonyl (C=O) groups excluding carboxylic acids is 2. The van der Waals surface area contributed by atoms with Crippen LogP contribution in [0.1, 0.15) is 40.4 Å². The lowest BCUT2D eigenvalue weighted by atomic mass is 9.95. The summed E-state index contributed by atoms with van der Waals surface area (Å²) in [5.74, 6) is -0.318. The average molecular weight is 471 g/mol. The van der Waals surface area contributed by atoms with Crippen LogP contribution >= 0.6 is 0 Å². The molecule has 0 aliphatic carbocycles. The number of nitrogens with one attached hydrogen (secondary N) is 1. The maximum atomic E-state index is 12.7. The number of amides is 1. The second-order valence-corrected chi connectivity index (χ2v) is 7.66. The lowest BCUT2D eigenvalue weighted by Gasteiger charge is -2.19. The fourth-order valence-electron chi connectivity index (χ4n) is 3.58. The summed E-state index contributed by atoms with van der Waals surface area (Å²) in [6.07, 6.45) is -4.77. The second kappa shape index (κ2) is 10.9. The molecule has 0 saturated carbocycles. The van der Waals surface area contributed by atoms with Gasteiger partial charge in [-0.1, -0.05) is 60.7 Å². The smallest absolute Gasteiger partial charge is 0.453 e. The first-order valence-corrected chi connectivity index (χ1v) is 10.6. The summed E-state index contributed by atoms with van der Waals surface area (Å²) in [6.45, 7) is 1.87. The molecule has 0 aliphatic rings. The maximum absolute atomic E-state index is 12.7. The third kappa shape index (κ3) is 6.84. The summed E-state index contributed by atoms with van der Waals surface area (Å²) >= 11 is 0. The normalized spacial score (nSPS) is 12.0. The van der Waals surface area contributed by atoms with Gasteiger partial charge in [0.1, 0.15) is 5.75 Å². The third-order valence-electron chi connectivity index (χ3n) is 5.32. The Bertz CT molecular complexity index is 1130. The van der Waals surface area contributed by atoms with Gasteiger partial charge in [0.25, 0.3) is 0 Å². The van der Waals surface area contributed by atoms with Crippen LogP contribution in [0.15, 0.2) is 72.8 Å². The number of ketones is 1.